The molecule has 1 aliphatic heterocycles. The maximum Gasteiger partial charge on any atom is 0.112 e. The van der Waals surface area contributed by atoms with Crippen LogP contribution in [0.1, 0.15) is 71.6 Å². The zero-order valence-electron chi connectivity index (χ0n) is 10.9. The molecule has 1 heteroatoms. The van der Waals surface area contributed by atoms with Gasteiger partial charge in [0.1, 0.15) is 5.60 Å². The molecule has 2 atom stereocenters. The van der Waals surface area contributed by atoms with Gasteiger partial charge in [0.15, 0.2) is 0 Å². The third kappa shape index (κ3) is 2.81. The van der Waals surface area contributed by atoms with E-state index in [0.717, 1.165) is 5.92 Å². The van der Waals surface area contributed by atoms with Crippen LogP contribution in [0.3, 0.4) is 0 Å². The van der Waals surface area contributed by atoms with Crippen LogP contribution in [0, 0.1) is 5.92 Å². The van der Waals surface area contributed by atoms with Crippen LogP contribution in [0.2, 0.25) is 0 Å². The number of unbranched alkanes of at least 4 members (excludes halogenated alkanes) is 5. The number of hydrogen-bond acceptors (Lipinski definition) is 1. The Labute approximate surface area is 100 Å². The lowest BCUT2D eigenvalue weighted by atomic mass is 10.0. The van der Waals surface area contributed by atoms with E-state index in [1.54, 1.807) is 0 Å². The van der Waals surface area contributed by atoms with Crippen LogP contribution in [-0.2, 0) is 4.74 Å². The number of fused-ring (bicyclic) bond motifs is 1. The molecule has 0 aromatic heterocycles. The summed E-state index contributed by atoms with van der Waals surface area (Å²) in [6, 6.07) is 0. The molecule has 2 aliphatic rings. The lowest BCUT2D eigenvalue weighted by molar-refractivity contribution is 0.0594. The molecule has 0 aromatic rings. The summed E-state index contributed by atoms with van der Waals surface area (Å²) in [5.74, 6) is 2.02. The number of hydrogen-bond donors (Lipinski definition) is 0. The van der Waals surface area contributed by atoms with E-state index in [9.17, 15) is 0 Å². The first-order valence-corrected chi connectivity index (χ1v) is 7.12. The highest BCUT2D eigenvalue weighted by molar-refractivity contribution is 5.15. The van der Waals surface area contributed by atoms with Crippen molar-refractivity contribution in [3.8, 4) is 0 Å². The van der Waals surface area contributed by atoms with Crippen molar-refractivity contribution in [2.24, 2.45) is 5.92 Å². The quantitative estimate of drug-likeness (QED) is 0.561. The molecule has 0 spiro atoms. The average Bonchev–Trinajstić information content (AvgIpc) is 2.97. The molecule has 1 heterocycles. The molecule has 0 N–H and O–H groups in total. The monoisotopic (exact) mass is 222 g/mol. The van der Waals surface area contributed by atoms with Gasteiger partial charge in [-0.25, -0.2) is 0 Å². The molecular formula is C15H26O. The van der Waals surface area contributed by atoms with Crippen LogP contribution in [0.5, 0.6) is 0 Å². The van der Waals surface area contributed by atoms with Crippen molar-refractivity contribution in [2.75, 3.05) is 0 Å². The summed E-state index contributed by atoms with van der Waals surface area (Å²) in [5.41, 5.74) is 0.295. The van der Waals surface area contributed by atoms with Crippen LogP contribution in [0.4, 0.5) is 0 Å². The fraction of sp³-hybridized carbons (Fsp3) is 0.867. The highest BCUT2D eigenvalue weighted by Gasteiger charge is 2.56. The maximum atomic E-state index is 6.04. The molecule has 0 saturated heterocycles. The Morgan fingerprint density at radius 2 is 2.00 bits per heavy atom. The summed E-state index contributed by atoms with van der Waals surface area (Å²) in [4.78, 5) is 0. The van der Waals surface area contributed by atoms with E-state index in [2.05, 4.69) is 19.9 Å². The molecule has 0 amide bonds. The SMILES string of the molecule is CCCCCCCCC12CC1CC=C(C)O2. The fourth-order valence-corrected chi connectivity index (χ4v) is 3.01. The van der Waals surface area contributed by atoms with Gasteiger partial charge in [-0.05, 0) is 38.7 Å². The molecule has 1 nitrogen and oxygen atoms in total. The Hall–Kier alpha value is -0.460. The number of rotatable bonds is 7. The maximum absolute atomic E-state index is 6.04. The van der Waals surface area contributed by atoms with Crippen molar-refractivity contribution in [3.05, 3.63) is 11.8 Å². The van der Waals surface area contributed by atoms with Crippen molar-refractivity contribution in [1.82, 2.24) is 0 Å². The summed E-state index contributed by atoms with van der Waals surface area (Å²) < 4.78 is 6.04. The van der Waals surface area contributed by atoms with Gasteiger partial charge < -0.3 is 4.74 Å². The first-order chi connectivity index (χ1) is 7.77. The van der Waals surface area contributed by atoms with E-state index in [1.807, 2.05) is 0 Å². The summed E-state index contributed by atoms with van der Waals surface area (Å²) in [6.07, 6.45) is 14.5. The Morgan fingerprint density at radius 1 is 1.25 bits per heavy atom. The van der Waals surface area contributed by atoms with Crippen LogP contribution in [0.25, 0.3) is 0 Å². The third-order valence-electron chi connectivity index (χ3n) is 4.18. The van der Waals surface area contributed by atoms with E-state index in [-0.39, 0.29) is 0 Å². The molecule has 16 heavy (non-hydrogen) atoms. The molecule has 2 rings (SSSR count). The Balaban J connectivity index is 1.59. The minimum atomic E-state index is 0.295. The largest absolute Gasteiger partial charge is 0.492 e. The first kappa shape index (κ1) is 12.0. The predicted octanol–water partition coefficient (Wildman–Crippen LogP) is 4.82. The summed E-state index contributed by atoms with van der Waals surface area (Å²) >= 11 is 0. The van der Waals surface area contributed by atoms with Crippen molar-refractivity contribution in [1.29, 1.82) is 0 Å². The van der Waals surface area contributed by atoms with E-state index >= 15 is 0 Å². The van der Waals surface area contributed by atoms with E-state index in [4.69, 9.17) is 4.74 Å². The summed E-state index contributed by atoms with van der Waals surface area (Å²) in [7, 11) is 0. The molecular weight excluding hydrogens is 196 g/mol. The lowest BCUT2D eigenvalue weighted by Crippen LogP contribution is -2.19. The molecule has 2 unspecified atom stereocenters. The van der Waals surface area contributed by atoms with Gasteiger partial charge in [0.25, 0.3) is 0 Å². The van der Waals surface area contributed by atoms with Crippen molar-refractivity contribution in [3.63, 3.8) is 0 Å². The van der Waals surface area contributed by atoms with Gasteiger partial charge in [-0.3, -0.25) is 0 Å². The van der Waals surface area contributed by atoms with E-state index in [0.29, 0.717) is 5.60 Å². The molecule has 0 radical (unpaired) electrons. The normalized spacial score (nSPS) is 31.6. The molecule has 92 valence electrons. The van der Waals surface area contributed by atoms with Gasteiger partial charge in [-0.15, -0.1) is 0 Å². The van der Waals surface area contributed by atoms with Gasteiger partial charge in [0, 0.05) is 5.92 Å². The number of allylic oxidation sites excluding steroid dienone is 2. The van der Waals surface area contributed by atoms with Crippen molar-refractivity contribution in [2.45, 2.75) is 77.2 Å². The Morgan fingerprint density at radius 3 is 2.81 bits per heavy atom. The highest BCUT2D eigenvalue weighted by Crippen LogP contribution is 2.56. The van der Waals surface area contributed by atoms with Crippen LogP contribution >= 0.6 is 0 Å². The Kier molecular flexibility index (Phi) is 3.94. The topological polar surface area (TPSA) is 9.23 Å². The standard InChI is InChI=1S/C15H26O/c1-3-4-5-6-7-8-11-15-12-14(15)10-9-13(2)16-15/h9,14H,3-8,10-12H2,1-2H3. The van der Waals surface area contributed by atoms with Gasteiger partial charge in [0.05, 0.1) is 5.76 Å². The minimum Gasteiger partial charge on any atom is -0.492 e. The average molecular weight is 222 g/mol. The second-order valence-electron chi connectivity index (χ2n) is 5.64. The molecule has 0 aromatic carbocycles. The van der Waals surface area contributed by atoms with Crippen LogP contribution in [0.15, 0.2) is 11.8 Å². The lowest BCUT2D eigenvalue weighted by Gasteiger charge is -2.23. The van der Waals surface area contributed by atoms with E-state index < -0.39 is 0 Å². The second-order valence-corrected chi connectivity index (χ2v) is 5.64. The highest BCUT2D eigenvalue weighted by atomic mass is 16.5. The summed E-state index contributed by atoms with van der Waals surface area (Å²) in [6.45, 7) is 4.39. The zero-order chi connectivity index (χ0) is 11.4. The van der Waals surface area contributed by atoms with Gasteiger partial charge >= 0.3 is 0 Å². The van der Waals surface area contributed by atoms with Crippen molar-refractivity contribution < 1.29 is 4.74 Å². The Bertz CT molecular complexity index is 256. The zero-order valence-corrected chi connectivity index (χ0v) is 10.9. The molecule has 1 saturated carbocycles. The van der Waals surface area contributed by atoms with Crippen LogP contribution in [-0.4, -0.2) is 5.60 Å². The first-order valence-electron chi connectivity index (χ1n) is 7.12. The molecule has 1 aliphatic carbocycles. The smallest absolute Gasteiger partial charge is 0.112 e. The van der Waals surface area contributed by atoms with Gasteiger partial charge in [-0.2, -0.15) is 0 Å². The second kappa shape index (κ2) is 5.25. The predicted molar refractivity (Wildman–Crippen MR) is 68.3 cm³/mol. The van der Waals surface area contributed by atoms with Crippen molar-refractivity contribution >= 4 is 0 Å². The van der Waals surface area contributed by atoms with Crippen LogP contribution < -0.4 is 0 Å². The fourth-order valence-electron chi connectivity index (χ4n) is 3.01. The minimum absolute atomic E-state index is 0.295. The van der Waals surface area contributed by atoms with E-state index in [1.165, 1.54) is 63.5 Å². The number of ether oxygens (including phenoxy) is 1. The summed E-state index contributed by atoms with van der Waals surface area (Å²) in [5, 5.41) is 0. The van der Waals surface area contributed by atoms with Gasteiger partial charge in [0.2, 0.25) is 0 Å². The van der Waals surface area contributed by atoms with Gasteiger partial charge in [-0.1, -0.05) is 39.0 Å². The molecule has 1 fully saturated rings. The molecule has 0 bridgehead atoms. The third-order valence-corrected chi connectivity index (χ3v) is 4.18.